The van der Waals surface area contributed by atoms with Gasteiger partial charge >= 0.3 is 6.18 Å². The van der Waals surface area contributed by atoms with Crippen LogP contribution in [0.1, 0.15) is 16.7 Å². The molecule has 0 aromatic heterocycles. The highest BCUT2D eigenvalue weighted by Crippen LogP contribution is 2.35. The number of amides is 2. The van der Waals surface area contributed by atoms with Gasteiger partial charge in [-0.3, -0.25) is 14.9 Å². The quantitative estimate of drug-likeness (QED) is 0.864. The van der Waals surface area contributed by atoms with Crippen LogP contribution in [0.25, 0.3) is 11.1 Å². The monoisotopic (exact) mass is 317 g/mol. The molecule has 0 fully saturated rings. The van der Waals surface area contributed by atoms with Gasteiger partial charge in [0.1, 0.15) is 0 Å². The molecule has 2 aromatic carbocycles. The van der Waals surface area contributed by atoms with Crippen molar-refractivity contribution in [2.75, 3.05) is 0 Å². The average molecular weight is 317 g/mol. The molecule has 1 N–H and O–H groups in total. The van der Waals surface area contributed by atoms with Gasteiger partial charge in [0.15, 0.2) is 0 Å². The topological polar surface area (TPSA) is 46.2 Å². The van der Waals surface area contributed by atoms with Crippen molar-refractivity contribution >= 4 is 23.0 Å². The summed E-state index contributed by atoms with van der Waals surface area (Å²) in [5.41, 5.74) is -0.311. The van der Waals surface area contributed by atoms with Crippen LogP contribution >= 0.6 is 0 Å². The van der Waals surface area contributed by atoms with E-state index in [0.29, 0.717) is 5.56 Å². The highest BCUT2D eigenvalue weighted by atomic mass is 19.4. The summed E-state index contributed by atoms with van der Waals surface area (Å²) in [4.78, 5) is 24.1. The first kappa shape index (κ1) is 15.0. The van der Waals surface area contributed by atoms with E-state index < -0.39 is 23.6 Å². The van der Waals surface area contributed by atoms with Crippen LogP contribution in [0.2, 0.25) is 0 Å². The number of benzene rings is 2. The maximum Gasteiger partial charge on any atom is 0.416 e. The van der Waals surface area contributed by atoms with Crippen LogP contribution in [0, 0.1) is 0 Å². The molecule has 23 heavy (non-hydrogen) atoms. The van der Waals surface area contributed by atoms with Crippen LogP contribution in [0.5, 0.6) is 0 Å². The fourth-order valence-corrected chi connectivity index (χ4v) is 2.46. The zero-order valence-corrected chi connectivity index (χ0v) is 11.6. The molecule has 2 aromatic rings. The molecule has 3 nitrogen and oxygen atoms in total. The van der Waals surface area contributed by atoms with Gasteiger partial charge in [0, 0.05) is 0 Å². The van der Waals surface area contributed by atoms with E-state index in [4.69, 9.17) is 0 Å². The second kappa shape index (κ2) is 5.39. The molecule has 3 rings (SSSR count). The molecule has 116 valence electrons. The lowest BCUT2D eigenvalue weighted by atomic mass is 9.95. The minimum Gasteiger partial charge on any atom is -0.288 e. The Morgan fingerprint density at radius 1 is 0.739 bits per heavy atom. The van der Waals surface area contributed by atoms with Crippen LogP contribution in [0.3, 0.4) is 0 Å². The van der Waals surface area contributed by atoms with Crippen LogP contribution in [-0.2, 0) is 15.8 Å². The molecule has 0 atom stereocenters. The van der Waals surface area contributed by atoms with Crippen molar-refractivity contribution in [1.29, 1.82) is 0 Å². The standard InChI is InChI=1S/C17H10F3NO2/c18-17(19,20)12-8-4-7-11(9-12)14-13(15(22)21-16(14)23)10-5-2-1-3-6-10/h1-9H,(H,21,22,23). The molecular weight excluding hydrogens is 307 g/mol. The molecule has 0 saturated heterocycles. The summed E-state index contributed by atoms with van der Waals surface area (Å²) in [6.45, 7) is 0. The number of alkyl halides is 3. The van der Waals surface area contributed by atoms with Crippen LogP contribution < -0.4 is 5.32 Å². The van der Waals surface area contributed by atoms with E-state index in [1.807, 2.05) is 0 Å². The van der Waals surface area contributed by atoms with Crippen LogP contribution in [0.4, 0.5) is 13.2 Å². The van der Waals surface area contributed by atoms with Crippen molar-refractivity contribution in [3.05, 3.63) is 71.3 Å². The van der Waals surface area contributed by atoms with Crippen LogP contribution in [-0.4, -0.2) is 11.8 Å². The van der Waals surface area contributed by atoms with Crippen LogP contribution in [0.15, 0.2) is 54.6 Å². The van der Waals surface area contributed by atoms with Gasteiger partial charge in [-0.25, -0.2) is 0 Å². The maximum absolute atomic E-state index is 12.9. The minimum absolute atomic E-state index is 0.0488. The van der Waals surface area contributed by atoms with Crippen molar-refractivity contribution in [1.82, 2.24) is 5.32 Å². The third-order valence-corrected chi connectivity index (χ3v) is 3.47. The number of nitrogens with one attached hydrogen (secondary N) is 1. The molecule has 6 heteroatoms. The number of imide groups is 1. The second-order valence-electron chi connectivity index (χ2n) is 4.98. The van der Waals surface area contributed by atoms with Gasteiger partial charge in [0.25, 0.3) is 11.8 Å². The summed E-state index contributed by atoms with van der Waals surface area (Å²) in [5, 5.41) is 2.14. The summed E-state index contributed by atoms with van der Waals surface area (Å²) >= 11 is 0. The zero-order valence-electron chi connectivity index (χ0n) is 11.6. The lowest BCUT2D eigenvalue weighted by Gasteiger charge is -2.09. The van der Waals surface area contributed by atoms with Gasteiger partial charge in [-0.15, -0.1) is 0 Å². The van der Waals surface area contributed by atoms with E-state index in [1.54, 1.807) is 30.3 Å². The Balaban J connectivity index is 2.21. The Kier molecular flexibility index (Phi) is 3.52. The number of halogens is 3. The lowest BCUT2D eigenvalue weighted by molar-refractivity contribution is -0.137. The van der Waals surface area contributed by atoms with Gasteiger partial charge in [-0.2, -0.15) is 13.2 Å². The van der Waals surface area contributed by atoms with Crippen molar-refractivity contribution in [2.24, 2.45) is 0 Å². The number of hydrogen-bond acceptors (Lipinski definition) is 2. The summed E-state index contributed by atoms with van der Waals surface area (Å²) in [6.07, 6.45) is -4.53. The average Bonchev–Trinajstić information content (AvgIpc) is 2.82. The molecule has 1 heterocycles. The SMILES string of the molecule is O=C1NC(=O)C(c2cccc(C(F)(F)F)c2)=C1c1ccccc1. The van der Waals surface area contributed by atoms with E-state index >= 15 is 0 Å². The molecule has 0 radical (unpaired) electrons. The minimum atomic E-state index is -4.53. The predicted octanol–water partition coefficient (Wildman–Crippen LogP) is 3.27. The van der Waals surface area contributed by atoms with Gasteiger partial charge in [-0.1, -0.05) is 42.5 Å². The number of carbonyl (C=O) groups excluding carboxylic acids is 2. The van der Waals surface area contributed by atoms with Crippen molar-refractivity contribution < 1.29 is 22.8 Å². The summed E-state index contributed by atoms with van der Waals surface area (Å²) in [6, 6.07) is 12.7. The van der Waals surface area contributed by atoms with E-state index in [0.717, 1.165) is 12.1 Å². The van der Waals surface area contributed by atoms with Crippen molar-refractivity contribution in [2.45, 2.75) is 6.18 Å². The largest absolute Gasteiger partial charge is 0.416 e. The third kappa shape index (κ3) is 2.75. The Bertz CT molecular complexity index is 823. The molecule has 1 aliphatic heterocycles. The number of hydrogen-bond donors (Lipinski definition) is 1. The highest BCUT2D eigenvalue weighted by molar-refractivity contribution is 6.49. The fourth-order valence-electron chi connectivity index (χ4n) is 2.46. The second-order valence-corrected chi connectivity index (χ2v) is 4.98. The Labute approximate surface area is 129 Å². The smallest absolute Gasteiger partial charge is 0.288 e. The lowest BCUT2D eigenvalue weighted by Crippen LogP contribution is -2.22. The molecule has 0 spiro atoms. The molecule has 2 amide bonds. The Hall–Kier alpha value is -2.89. The van der Waals surface area contributed by atoms with Crippen molar-refractivity contribution in [3.63, 3.8) is 0 Å². The van der Waals surface area contributed by atoms with E-state index in [2.05, 4.69) is 5.32 Å². The van der Waals surface area contributed by atoms with Gasteiger partial charge in [0.05, 0.1) is 16.7 Å². The Morgan fingerprint density at radius 3 is 1.91 bits per heavy atom. The van der Waals surface area contributed by atoms with Crippen molar-refractivity contribution in [3.8, 4) is 0 Å². The Morgan fingerprint density at radius 2 is 1.30 bits per heavy atom. The third-order valence-electron chi connectivity index (χ3n) is 3.47. The normalized spacial score (nSPS) is 15.1. The zero-order chi connectivity index (χ0) is 16.6. The molecule has 0 bridgehead atoms. The van der Waals surface area contributed by atoms with Gasteiger partial charge in [-0.05, 0) is 23.3 Å². The molecule has 0 saturated carbocycles. The number of rotatable bonds is 2. The fraction of sp³-hybridized carbons (Fsp3) is 0.0588. The highest BCUT2D eigenvalue weighted by Gasteiger charge is 2.34. The maximum atomic E-state index is 12.9. The van der Waals surface area contributed by atoms with E-state index in [1.165, 1.54) is 12.1 Å². The molecule has 1 aliphatic rings. The molecular formula is C17H10F3NO2. The number of carbonyl (C=O) groups is 2. The van der Waals surface area contributed by atoms with Gasteiger partial charge in [0.2, 0.25) is 0 Å². The summed E-state index contributed by atoms with van der Waals surface area (Å²) < 4.78 is 38.6. The molecule has 0 aliphatic carbocycles. The summed E-state index contributed by atoms with van der Waals surface area (Å²) in [5.74, 6) is -1.32. The predicted molar refractivity (Wildman–Crippen MR) is 77.8 cm³/mol. The first-order valence-corrected chi connectivity index (χ1v) is 6.71. The van der Waals surface area contributed by atoms with E-state index in [-0.39, 0.29) is 16.7 Å². The molecule has 0 unspecified atom stereocenters. The first-order valence-electron chi connectivity index (χ1n) is 6.71. The first-order chi connectivity index (χ1) is 10.9. The van der Waals surface area contributed by atoms with Gasteiger partial charge < -0.3 is 0 Å². The summed E-state index contributed by atoms with van der Waals surface area (Å²) in [7, 11) is 0. The van der Waals surface area contributed by atoms with E-state index in [9.17, 15) is 22.8 Å².